The molecular formula is C16H18N2O4. The highest BCUT2D eigenvalue weighted by molar-refractivity contribution is 6.06. The van der Waals surface area contributed by atoms with Gasteiger partial charge in [-0.2, -0.15) is 0 Å². The average molecular weight is 302 g/mol. The molecule has 0 unspecified atom stereocenters. The monoisotopic (exact) mass is 302 g/mol. The molecule has 1 aromatic carbocycles. The van der Waals surface area contributed by atoms with Crippen LogP contribution in [0.25, 0.3) is 0 Å². The summed E-state index contributed by atoms with van der Waals surface area (Å²) in [5.41, 5.74) is 0.868. The second-order valence-electron chi connectivity index (χ2n) is 4.31. The summed E-state index contributed by atoms with van der Waals surface area (Å²) >= 11 is 0. The molecule has 1 N–H and O–H groups in total. The Morgan fingerprint density at radius 3 is 2.73 bits per heavy atom. The number of amides is 1. The molecule has 6 nitrogen and oxygen atoms in total. The summed E-state index contributed by atoms with van der Waals surface area (Å²) in [5, 5.41) is 2.79. The molecule has 0 aliphatic heterocycles. The van der Waals surface area contributed by atoms with Crippen molar-refractivity contribution < 1.29 is 19.0 Å². The summed E-state index contributed by atoms with van der Waals surface area (Å²) in [6.45, 7) is 2.27. The molecule has 0 aliphatic rings. The molecule has 2 rings (SSSR count). The lowest BCUT2D eigenvalue weighted by atomic mass is 10.2. The minimum Gasteiger partial charge on any atom is -0.497 e. The van der Waals surface area contributed by atoms with Crippen molar-refractivity contribution in [3.05, 3.63) is 42.1 Å². The molecule has 116 valence electrons. The van der Waals surface area contributed by atoms with Crippen LogP contribution in [0.5, 0.6) is 17.4 Å². The Labute approximate surface area is 129 Å². The van der Waals surface area contributed by atoms with Crippen molar-refractivity contribution in [3.63, 3.8) is 0 Å². The van der Waals surface area contributed by atoms with Gasteiger partial charge in [-0.25, -0.2) is 4.98 Å². The van der Waals surface area contributed by atoms with E-state index in [1.54, 1.807) is 43.6 Å². The van der Waals surface area contributed by atoms with Crippen LogP contribution in [0.15, 0.2) is 36.5 Å². The molecule has 6 heteroatoms. The molecule has 0 bridgehead atoms. The Morgan fingerprint density at radius 2 is 2.05 bits per heavy atom. The lowest BCUT2D eigenvalue weighted by Crippen LogP contribution is -2.15. The third kappa shape index (κ3) is 3.46. The molecule has 0 aliphatic carbocycles. The van der Waals surface area contributed by atoms with Crippen LogP contribution >= 0.6 is 0 Å². The molecule has 1 amide bonds. The number of hydrogen-bond acceptors (Lipinski definition) is 5. The zero-order valence-electron chi connectivity index (χ0n) is 12.8. The fourth-order valence-corrected chi connectivity index (χ4v) is 1.92. The average Bonchev–Trinajstić information content (AvgIpc) is 2.55. The van der Waals surface area contributed by atoms with Gasteiger partial charge in [-0.15, -0.1) is 0 Å². The van der Waals surface area contributed by atoms with Gasteiger partial charge < -0.3 is 19.5 Å². The van der Waals surface area contributed by atoms with Gasteiger partial charge in [0.1, 0.15) is 17.1 Å². The molecule has 0 saturated heterocycles. The summed E-state index contributed by atoms with van der Waals surface area (Å²) in [4.78, 5) is 16.5. The normalized spacial score (nSPS) is 9.95. The predicted molar refractivity (Wildman–Crippen MR) is 82.9 cm³/mol. The second kappa shape index (κ2) is 7.31. The number of methoxy groups -OCH3 is 2. The number of carbonyl (C=O) groups excluding carboxylic acids is 1. The van der Waals surface area contributed by atoms with Crippen LogP contribution in [0.4, 0.5) is 5.69 Å². The van der Waals surface area contributed by atoms with Crippen LogP contribution in [0.2, 0.25) is 0 Å². The lowest BCUT2D eigenvalue weighted by molar-refractivity contribution is 0.102. The predicted octanol–water partition coefficient (Wildman–Crippen LogP) is 2.75. The molecule has 0 atom stereocenters. The number of ether oxygens (including phenoxy) is 3. The smallest absolute Gasteiger partial charge is 0.261 e. The van der Waals surface area contributed by atoms with Gasteiger partial charge in [-0.05, 0) is 31.2 Å². The van der Waals surface area contributed by atoms with Gasteiger partial charge in [0.15, 0.2) is 0 Å². The van der Waals surface area contributed by atoms with Gasteiger partial charge >= 0.3 is 0 Å². The number of pyridine rings is 1. The number of nitrogens with zero attached hydrogens (tertiary/aromatic N) is 1. The summed E-state index contributed by atoms with van der Waals surface area (Å²) in [6, 6.07) is 8.50. The number of anilines is 1. The van der Waals surface area contributed by atoms with Gasteiger partial charge in [0.2, 0.25) is 5.88 Å². The first kappa shape index (κ1) is 15.6. The van der Waals surface area contributed by atoms with Crippen molar-refractivity contribution in [2.75, 3.05) is 26.1 Å². The standard InChI is InChI=1S/C16H18N2O4/c1-4-22-16-12(6-5-9-17-16)15(19)18-13-10-11(20-2)7-8-14(13)21-3/h5-10H,4H2,1-3H3,(H,18,19). The van der Waals surface area contributed by atoms with Crippen LogP contribution in [0, 0.1) is 0 Å². The molecule has 0 spiro atoms. The number of benzene rings is 1. The minimum atomic E-state index is -0.330. The first-order valence-electron chi connectivity index (χ1n) is 6.80. The highest BCUT2D eigenvalue weighted by atomic mass is 16.5. The third-order valence-electron chi connectivity index (χ3n) is 2.95. The van der Waals surface area contributed by atoms with Crippen molar-refractivity contribution in [1.29, 1.82) is 0 Å². The summed E-state index contributed by atoms with van der Waals surface area (Å²) in [7, 11) is 3.09. The van der Waals surface area contributed by atoms with Crippen molar-refractivity contribution in [1.82, 2.24) is 4.98 Å². The topological polar surface area (TPSA) is 69.7 Å². The maximum absolute atomic E-state index is 12.5. The number of nitrogens with one attached hydrogen (secondary N) is 1. The molecule has 0 saturated carbocycles. The van der Waals surface area contributed by atoms with E-state index in [4.69, 9.17) is 14.2 Å². The molecule has 1 aromatic heterocycles. The first-order valence-corrected chi connectivity index (χ1v) is 6.80. The van der Waals surface area contributed by atoms with Gasteiger partial charge in [-0.3, -0.25) is 4.79 Å². The number of aromatic nitrogens is 1. The van der Waals surface area contributed by atoms with E-state index in [2.05, 4.69) is 10.3 Å². The van der Waals surface area contributed by atoms with Gasteiger partial charge in [-0.1, -0.05) is 0 Å². The summed E-state index contributed by atoms with van der Waals surface area (Å²) < 4.78 is 15.8. The Bertz CT molecular complexity index is 658. The number of hydrogen-bond donors (Lipinski definition) is 1. The number of rotatable bonds is 6. The quantitative estimate of drug-likeness (QED) is 0.888. The van der Waals surface area contributed by atoms with Crippen molar-refractivity contribution in [2.45, 2.75) is 6.92 Å². The van der Waals surface area contributed by atoms with E-state index in [1.165, 1.54) is 7.11 Å². The molecule has 1 heterocycles. The van der Waals surface area contributed by atoms with Crippen molar-refractivity contribution in [2.24, 2.45) is 0 Å². The first-order chi connectivity index (χ1) is 10.7. The second-order valence-corrected chi connectivity index (χ2v) is 4.31. The summed E-state index contributed by atoms with van der Waals surface area (Å²) in [5.74, 6) is 1.12. The van der Waals surface area contributed by atoms with Crippen LogP contribution in [-0.2, 0) is 0 Å². The van der Waals surface area contributed by atoms with Gasteiger partial charge in [0.05, 0.1) is 26.5 Å². The summed E-state index contributed by atoms with van der Waals surface area (Å²) in [6.07, 6.45) is 1.58. The third-order valence-corrected chi connectivity index (χ3v) is 2.95. The van der Waals surface area contributed by atoms with E-state index < -0.39 is 0 Å². The van der Waals surface area contributed by atoms with Crippen LogP contribution in [0.1, 0.15) is 17.3 Å². The zero-order chi connectivity index (χ0) is 15.9. The van der Waals surface area contributed by atoms with Crippen LogP contribution < -0.4 is 19.5 Å². The Hall–Kier alpha value is -2.76. The van der Waals surface area contributed by atoms with Crippen molar-refractivity contribution >= 4 is 11.6 Å². The van der Waals surface area contributed by atoms with E-state index in [9.17, 15) is 4.79 Å². The van der Waals surface area contributed by atoms with E-state index in [0.717, 1.165) is 0 Å². The van der Waals surface area contributed by atoms with Gasteiger partial charge in [0, 0.05) is 12.3 Å². The van der Waals surface area contributed by atoms with E-state index in [1.807, 2.05) is 6.92 Å². The fraction of sp³-hybridized carbons (Fsp3) is 0.250. The molecule has 22 heavy (non-hydrogen) atoms. The maximum Gasteiger partial charge on any atom is 0.261 e. The Balaban J connectivity index is 2.29. The lowest BCUT2D eigenvalue weighted by Gasteiger charge is -2.13. The number of carbonyl (C=O) groups is 1. The molecule has 0 fully saturated rings. The minimum absolute atomic E-state index is 0.296. The zero-order valence-corrected chi connectivity index (χ0v) is 12.8. The largest absolute Gasteiger partial charge is 0.497 e. The highest BCUT2D eigenvalue weighted by Crippen LogP contribution is 2.29. The molecule has 0 radical (unpaired) electrons. The van der Waals surface area contributed by atoms with Gasteiger partial charge in [0.25, 0.3) is 5.91 Å². The molecule has 2 aromatic rings. The Kier molecular flexibility index (Phi) is 5.19. The van der Waals surface area contributed by atoms with Crippen molar-refractivity contribution in [3.8, 4) is 17.4 Å². The molecular weight excluding hydrogens is 284 g/mol. The van der Waals surface area contributed by atoms with E-state index in [0.29, 0.717) is 35.2 Å². The Morgan fingerprint density at radius 1 is 1.23 bits per heavy atom. The highest BCUT2D eigenvalue weighted by Gasteiger charge is 2.15. The SMILES string of the molecule is CCOc1ncccc1C(=O)Nc1cc(OC)ccc1OC. The van der Waals surface area contributed by atoms with Crippen LogP contribution in [0.3, 0.4) is 0 Å². The fourth-order valence-electron chi connectivity index (χ4n) is 1.92. The maximum atomic E-state index is 12.5. The van der Waals surface area contributed by atoms with Crippen LogP contribution in [-0.4, -0.2) is 31.7 Å². The van der Waals surface area contributed by atoms with E-state index in [-0.39, 0.29) is 5.91 Å². The van der Waals surface area contributed by atoms with E-state index >= 15 is 0 Å².